The minimum absolute atomic E-state index is 0. The van der Waals surface area contributed by atoms with Gasteiger partial charge in [-0.3, -0.25) is 4.79 Å². The number of unbranched alkanes of at least 4 members (excludes halogenated alkanes) is 3. The van der Waals surface area contributed by atoms with Crippen LogP contribution in [0.5, 0.6) is 0 Å². The monoisotopic (exact) mass is 460 g/mol. The summed E-state index contributed by atoms with van der Waals surface area (Å²) < 4.78 is 5.81. The molecule has 0 saturated heterocycles. The van der Waals surface area contributed by atoms with Crippen molar-refractivity contribution >= 4 is 11.9 Å². The number of hydrogen-bond donors (Lipinski definition) is 3. The summed E-state index contributed by atoms with van der Waals surface area (Å²) in [7, 11) is 0. The molecule has 0 amide bonds. The SMILES string of the molecule is C[C@@H]1C(O)=CC2=C(O)[C@@H](O)C[C@H](OC(=O)CC(C)(C)C)[C@@H]2[C@@H]1CCCCCCC(=O)[O-].[Na+]. The molecule has 0 spiro atoms. The number of ether oxygens (including phenoxy) is 1. The number of carbonyl (C=O) groups is 2. The van der Waals surface area contributed by atoms with Crippen molar-refractivity contribution < 1.29 is 64.3 Å². The van der Waals surface area contributed by atoms with Gasteiger partial charge in [-0.25, -0.2) is 0 Å². The maximum absolute atomic E-state index is 12.5. The summed E-state index contributed by atoms with van der Waals surface area (Å²) in [5, 5.41) is 41.8. The molecule has 0 aromatic carbocycles. The van der Waals surface area contributed by atoms with Gasteiger partial charge in [0.15, 0.2) is 0 Å². The molecule has 2 rings (SSSR count). The van der Waals surface area contributed by atoms with E-state index in [1.807, 2.05) is 27.7 Å². The smallest absolute Gasteiger partial charge is 0.550 e. The molecule has 176 valence electrons. The summed E-state index contributed by atoms with van der Waals surface area (Å²) in [6.45, 7) is 7.77. The van der Waals surface area contributed by atoms with Crippen LogP contribution in [0, 0.1) is 23.2 Å². The minimum Gasteiger partial charge on any atom is -0.550 e. The van der Waals surface area contributed by atoms with E-state index in [1.165, 1.54) is 6.08 Å². The van der Waals surface area contributed by atoms with E-state index in [4.69, 9.17) is 4.74 Å². The van der Waals surface area contributed by atoms with Crippen LogP contribution in [0.3, 0.4) is 0 Å². The van der Waals surface area contributed by atoms with Crippen LogP contribution in [0.25, 0.3) is 0 Å². The molecule has 2 aliphatic carbocycles. The summed E-state index contributed by atoms with van der Waals surface area (Å²) in [6, 6.07) is 0. The van der Waals surface area contributed by atoms with Crippen LogP contribution in [0.2, 0.25) is 0 Å². The van der Waals surface area contributed by atoms with E-state index >= 15 is 0 Å². The van der Waals surface area contributed by atoms with Gasteiger partial charge in [0.05, 0.1) is 12.2 Å². The van der Waals surface area contributed by atoms with Gasteiger partial charge in [0.25, 0.3) is 0 Å². The second-order valence-electron chi connectivity index (χ2n) is 10.2. The zero-order valence-electron chi connectivity index (χ0n) is 20.1. The van der Waals surface area contributed by atoms with Crippen LogP contribution < -0.4 is 34.7 Å². The number of carbonyl (C=O) groups excluding carboxylic acids is 2. The Labute approximate surface area is 213 Å². The first-order chi connectivity index (χ1) is 14.4. The van der Waals surface area contributed by atoms with E-state index in [-0.39, 0.29) is 89.5 Å². The first-order valence-corrected chi connectivity index (χ1v) is 11.3. The van der Waals surface area contributed by atoms with Gasteiger partial charge in [-0.05, 0) is 36.7 Å². The number of aliphatic hydroxyl groups excluding tert-OH is 3. The fourth-order valence-corrected chi connectivity index (χ4v) is 4.74. The maximum atomic E-state index is 12.5. The first-order valence-electron chi connectivity index (χ1n) is 11.3. The molecule has 32 heavy (non-hydrogen) atoms. The van der Waals surface area contributed by atoms with Crippen molar-refractivity contribution in [2.24, 2.45) is 23.2 Å². The van der Waals surface area contributed by atoms with Gasteiger partial charge in [0, 0.05) is 29.8 Å². The van der Waals surface area contributed by atoms with Gasteiger partial charge in [-0.15, -0.1) is 0 Å². The third-order valence-electron chi connectivity index (χ3n) is 6.33. The fraction of sp³-hybridized carbons (Fsp3) is 0.750. The molecular weight excluding hydrogens is 423 g/mol. The molecule has 5 atom stereocenters. The number of carboxylic acids is 1. The quantitative estimate of drug-likeness (QED) is 0.257. The van der Waals surface area contributed by atoms with Crippen LogP contribution in [-0.2, 0) is 14.3 Å². The first kappa shape index (κ1) is 29.0. The van der Waals surface area contributed by atoms with Crippen molar-refractivity contribution in [2.45, 2.75) is 91.3 Å². The van der Waals surface area contributed by atoms with Gasteiger partial charge in [-0.1, -0.05) is 47.0 Å². The van der Waals surface area contributed by atoms with Crippen LogP contribution in [-0.4, -0.2) is 39.5 Å². The molecule has 0 aliphatic heterocycles. The van der Waals surface area contributed by atoms with E-state index in [2.05, 4.69) is 0 Å². The number of carboxylic acid groups (broad SMARTS) is 1. The molecule has 0 bridgehead atoms. The molecule has 0 unspecified atom stereocenters. The Bertz CT molecular complexity index is 722. The van der Waals surface area contributed by atoms with E-state index in [0.717, 1.165) is 25.7 Å². The van der Waals surface area contributed by atoms with Gasteiger partial charge in [0.1, 0.15) is 18.0 Å². The van der Waals surface area contributed by atoms with Gasteiger partial charge >= 0.3 is 35.5 Å². The number of rotatable bonds is 9. The summed E-state index contributed by atoms with van der Waals surface area (Å²) >= 11 is 0. The predicted molar refractivity (Wildman–Crippen MR) is 114 cm³/mol. The molecule has 0 radical (unpaired) electrons. The molecule has 0 aromatic heterocycles. The average Bonchev–Trinajstić information content (AvgIpc) is 2.63. The predicted octanol–water partition coefficient (Wildman–Crippen LogP) is 0.330. The Balaban J connectivity index is 0.00000512. The molecule has 0 aromatic rings. The van der Waals surface area contributed by atoms with E-state index in [1.54, 1.807) is 0 Å². The molecular formula is C24H37NaO7. The minimum atomic E-state index is -1.14. The molecule has 7 nitrogen and oxygen atoms in total. The van der Waals surface area contributed by atoms with Crippen molar-refractivity contribution in [3.63, 3.8) is 0 Å². The standard InChI is InChI=1S/C24H38O7.Na/c1-14-15(9-7-5-6-8-10-20(27)28)22-16(11-17(14)25)23(30)18(26)12-19(22)31-21(29)13-24(2,3)4;/h11,14-15,18-19,22,25-26,30H,5-10,12-13H2,1-4H3,(H,27,28);/q;+1/p-1/t14-,15+,18-,19-,22+;/m0./s1. The van der Waals surface area contributed by atoms with E-state index < -0.39 is 18.2 Å². The second kappa shape index (κ2) is 12.4. The molecule has 3 N–H and O–H groups in total. The van der Waals surface area contributed by atoms with Crippen LogP contribution in [0.1, 0.15) is 79.1 Å². The fourth-order valence-electron chi connectivity index (χ4n) is 4.74. The second-order valence-corrected chi connectivity index (χ2v) is 10.2. The van der Waals surface area contributed by atoms with Gasteiger partial charge in [-0.2, -0.15) is 0 Å². The number of fused-ring (bicyclic) bond motifs is 1. The third kappa shape index (κ3) is 8.08. The van der Waals surface area contributed by atoms with Crippen LogP contribution >= 0.6 is 0 Å². The van der Waals surface area contributed by atoms with Crippen molar-refractivity contribution in [1.29, 1.82) is 0 Å². The van der Waals surface area contributed by atoms with Crippen molar-refractivity contribution in [1.82, 2.24) is 0 Å². The Morgan fingerprint density at radius 3 is 2.38 bits per heavy atom. The average molecular weight is 461 g/mol. The largest absolute Gasteiger partial charge is 1.00 e. The Morgan fingerprint density at radius 1 is 1.16 bits per heavy atom. The Hall–Kier alpha value is -1.02. The van der Waals surface area contributed by atoms with Crippen molar-refractivity contribution in [2.75, 3.05) is 0 Å². The number of aliphatic hydroxyl groups is 3. The summed E-state index contributed by atoms with van der Waals surface area (Å²) in [5.41, 5.74) is 0.221. The zero-order valence-corrected chi connectivity index (χ0v) is 22.1. The molecule has 0 heterocycles. The van der Waals surface area contributed by atoms with Crippen molar-refractivity contribution in [3.05, 3.63) is 23.2 Å². The molecule has 8 heteroatoms. The molecule has 0 saturated carbocycles. The van der Waals surface area contributed by atoms with E-state index in [0.29, 0.717) is 12.0 Å². The zero-order chi connectivity index (χ0) is 23.3. The topological polar surface area (TPSA) is 127 Å². The summed E-state index contributed by atoms with van der Waals surface area (Å²) in [4.78, 5) is 23.1. The number of hydrogen-bond acceptors (Lipinski definition) is 7. The van der Waals surface area contributed by atoms with E-state index in [9.17, 15) is 30.0 Å². The van der Waals surface area contributed by atoms with Crippen LogP contribution in [0.4, 0.5) is 0 Å². The molecule has 0 fully saturated rings. The summed E-state index contributed by atoms with van der Waals surface area (Å²) in [5.74, 6) is -1.94. The summed E-state index contributed by atoms with van der Waals surface area (Å²) in [6.07, 6.45) is 3.96. The molecule has 2 aliphatic rings. The van der Waals surface area contributed by atoms with Crippen molar-refractivity contribution in [3.8, 4) is 0 Å². The number of aliphatic carboxylic acids is 1. The third-order valence-corrected chi connectivity index (χ3v) is 6.33. The van der Waals surface area contributed by atoms with Crippen LogP contribution in [0.15, 0.2) is 23.2 Å². The maximum Gasteiger partial charge on any atom is 1.00 e. The normalized spacial score (nSPS) is 27.8. The van der Waals surface area contributed by atoms with Gasteiger partial charge in [0.2, 0.25) is 0 Å². The number of esters is 1. The Morgan fingerprint density at radius 2 is 1.78 bits per heavy atom. The Kier molecular flexibility index (Phi) is 11.3. The number of allylic oxidation sites excluding steroid dienone is 2. The van der Waals surface area contributed by atoms with Gasteiger partial charge < -0.3 is 30.0 Å².